The van der Waals surface area contributed by atoms with Gasteiger partial charge in [0, 0.05) is 31.6 Å². The van der Waals surface area contributed by atoms with Crippen LogP contribution in [0.15, 0.2) is 72.8 Å². The molecule has 0 saturated heterocycles. The molecule has 0 heterocycles. The summed E-state index contributed by atoms with van der Waals surface area (Å²) >= 11 is 0. The highest BCUT2D eigenvalue weighted by molar-refractivity contribution is 5.95. The molecule has 0 aromatic heterocycles. The van der Waals surface area contributed by atoms with Crippen LogP contribution in [0.4, 0.5) is 10.5 Å². The van der Waals surface area contributed by atoms with Crippen LogP contribution >= 0.6 is 0 Å². The molecule has 180 valence electrons. The lowest BCUT2D eigenvalue weighted by Gasteiger charge is -2.18. The number of amides is 2. The summed E-state index contributed by atoms with van der Waals surface area (Å²) in [4.78, 5) is 37.3. The van der Waals surface area contributed by atoms with E-state index in [1.54, 1.807) is 19.2 Å². The summed E-state index contributed by atoms with van der Waals surface area (Å²) in [5.74, 6) is -1.14. The van der Waals surface area contributed by atoms with Crippen molar-refractivity contribution in [1.29, 1.82) is 0 Å². The van der Waals surface area contributed by atoms with Gasteiger partial charge < -0.3 is 20.1 Å². The molecule has 7 nitrogen and oxygen atoms in total. The minimum Gasteiger partial charge on any atom is -0.478 e. The van der Waals surface area contributed by atoms with Gasteiger partial charge in [0.2, 0.25) is 5.91 Å². The van der Waals surface area contributed by atoms with Crippen LogP contribution in [0.2, 0.25) is 0 Å². The van der Waals surface area contributed by atoms with Gasteiger partial charge in [-0.25, -0.2) is 9.59 Å². The van der Waals surface area contributed by atoms with Crippen molar-refractivity contribution in [1.82, 2.24) is 5.32 Å². The predicted molar refractivity (Wildman–Crippen MR) is 134 cm³/mol. The predicted octanol–water partition coefficient (Wildman–Crippen LogP) is 5.06. The number of rotatable bonds is 9. The second kappa shape index (κ2) is 10.9. The van der Waals surface area contributed by atoms with Crippen molar-refractivity contribution < 1.29 is 24.2 Å². The highest BCUT2D eigenvalue weighted by Crippen LogP contribution is 2.44. The number of benzene rings is 3. The minimum atomic E-state index is -1.04. The Bertz CT molecular complexity index is 1190. The van der Waals surface area contributed by atoms with Crippen LogP contribution in [0, 0.1) is 0 Å². The average Bonchev–Trinajstić information content (AvgIpc) is 3.20. The molecule has 1 aliphatic rings. The van der Waals surface area contributed by atoms with E-state index < -0.39 is 12.1 Å². The summed E-state index contributed by atoms with van der Waals surface area (Å²) in [6.45, 7) is 0.667. The van der Waals surface area contributed by atoms with Gasteiger partial charge in [0.25, 0.3) is 0 Å². The number of carboxylic acids is 1. The van der Waals surface area contributed by atoms with Crippen LogP contribution < -0.4 is 10.2 Å². The van der Waals surface area contributed by atoms with Gasteiger partial charge in [-0.05, 0) is 53.3 Å². The van der Waals surface area contributed by atoms with Gasteiger partial charge in [-0.3, -0.25) is 4.79 Å². The van der Waals surface area contributed by atoms with E-state index in [-0.39, 0.29) is 24.0 Å². The number of nitrogens with zero attached hydrogens (tertiary/aromatic N) is 1. The molecule has 35 heavy (non-hydrogen) atoms. The van der Waals surface area contributed by atoms with Crippen molar-refractivity contribution in [3.63, 3.8) is 0 Å². The molecule has 0 aliphatic heterocycles. The number of hydrogen-bond acceptors (Lipinski definition) is 4. The van der Waals surface area contributed by atoms with Gasteiger partial charge in [-0.2, -0.15) is 0 Å². The monoisotopic (exact) mass is 472 g/mol. The lowest BCUT2D eigenvalue weighted by molar-refractivity contribution is -0.118. The van der Waals surface area contributed by atoms with E-state index >= 15 is 0 Å². The number of carboxylic acid groups (broad SMARTS) is 1. The lowest BCUT2D eigenvalue weighted by atomic mass is 9.98. The molecule has 2 amide bonds. The van der Waals surface area contributed by atoms with Crippen molar-refractivity contribution in [2.24, 2.45) is 0 Å². The smallest absolute Gasteiger partial charge is 0.407 e. The Morgan fingerprint density at radius 2 is 1.57 bits per heavy atom. The van der Waals surface area contributed by atoms with E-state index in [0.29, 0.717) is 31.5 Å². The fourth-order valence-electron chi connectivity index (χ4n) is 4.40. The highest BCUT2D eigenvalue weighted by atomic mass is 16.5. The Morgan fingerprint density at radius 1 is 0.914 bits per heavy atom. The van der Waals surface area contributed by atoms with Crippen molar-refractivity contribution in [2.75, 3.05) is 25.1 Å². The number of aromatic carboxylic acids is 1. The van der Waals surface area contributed by atoms with E-state index in [0.717, 1.165) is 11.1 Å². The lowest BCUT2D eigenvalue weighted by Crippen LogP contribution is -2.28. The van der Waals surface area contributed by atoms with Crippen molar-refractivity contribution >= 4 is 23.7 Å². The van der Waals surface area contributed by atoms with Crippen LogP contribution in [0.25, 0.3) is 11.1 Å². The molecule has 7 heteroatoms. The summed E-state index contributed by atoms with van der Waals surface area (Å²) in [7, 11) is 1.62. The molecule has 1 aliphatic carbocycles. The van der Waals surface area contributed by atoms with E-state index in [2.05, 4.69) is 29.6 Å². The van der Waals surface area contributed by atoms with Crippen LogP contribution in [0.1, 0.15) is 46.7 Å². The number of alkyl carbamates (subject to hydrolysis) is 1. The third-order valence-corrected chi connectivity index (χ3v) is 6.28. The zero-order valence-electron chi connectivity index (χ0n) is 19.6. The molecule has 0 fully saturated rings. The van der Waals surface area contributed by atoms with Gasteiger partial charge in [0.15, 0.2) is 0 Å². The van der Waals surface area contributed by atoms with E-state index in [1.807, 2.05) is 24.3 Å². The van der Waals surface area contributed by atoms with Crippen LogP contribution in [0.3, 0.4) is 0 Å². The highest BCUT2D eigenvalue weighted by Gasteiger charge is 2.28. The number of ether oxygens (including phenoxy) is 1. The van der Waals surface area contributed by atoms with Crippen molar-refractivity contribution in [2.45, 2.75) is 25.2 Å². The first kappa shape index (κ1) is 24.0. The molecule has 3 aromatic carbocycles. The molecule has 0 saturated carbocycles. The number of nitrogens with one attached hydrogen (secondary N) is 1. The number of unbranched alkanes of at least 4 members (excludes halogenated alkanes) is 1. The zero-order valence-corrected chi connectivity index (χ0v) is 19.6. The van der Waals surface area contributed by atoms with E-state index in [4.69, 9.17) is 9.84 Å². The molecule has 2 N–H and O–H groups in total. The summed E-state index contributed by atoms with van der Waals surface area (Å²) in [6, 6.07) is 22.6. The number of fused-ring (bicyclic) bond motifs is 3. The zero-order chi connectivity index (χ0) is 24.8. The first-order valence-corrected chi connectivity index (χ1v) is 11.6. The molecule has 0 atom stereocenters. The van der Waals surface area contributed by atoms with E-state index in [1.165, 1.54) is 28.2 Å². The Labute approximate surface area is 204 Å². The third-order valence-electron chi connectivity index (χ3n) is 6.28. The van der Waals surface area contributed by atoms with Crippen molar-refractivity contribution in [3.8, 4) is 11.1 Å². The maximum atomic E-state index is 12.4. The quantitative estimate of drug-likeness (QED) is 0.425. The maximum Gasteiger partial charge on any atom is 0.407 e. The minimum absolute atomic E-state index is 0.0148. The Kier molecular flexibility index (Phi) is 7.45. The molecular weight excluding hydrogens is 444 g/mol. The number of carbonyl (C=O) groups is 3. The molecule has 0 spiro atoms. The van der Waals surface area contributed by atoms with E-state index in [9.17, 15) is 14.4 Å². The van der Waals surface area contributed by atoms with Crippen LogP contribution in [-0.2, 0) is 9.53 Å². The summed E-state index contributed by atoms with van der Waals surface area (Å²) in [5, 5.41) is 11.9. The molecule has 3 aromatic rings. The van der Waals surface area contributed by atoms with Crippen LogP contribution in [0.5, 0.6) is 0 Å². The van der Waals surface area contributed by atoms with Crippen LogP contribution in [-0.4, -0.2) is 43.3 Å². The largest absolute Gasteiger partial charge is 0.478 e. The first-order valence-electron chi connectivity index (χ1n) is 11.6. The molecule has 0 bridgehead atoms. The number of anilines is 1. The number of carbonyl (C=O) groups excluding carboxylic acids is 2. The molecule has 0 radical (unpaired) electrons. The first-order chi connectivity index (χ1) is 17.0. The molecular formula is C28H28N2O5. The Morgan fingerprint density at radius 3 is 2.23 bits per heavy atom. The second-order valence-electron chi connectivity index (χ2n) is 8.52. The van der Waals surface area contributed by atoms with Gasteiger partial charge >= 0.3 is 12.1 Å². The van der Waals surface area contributed by atoms with Gasteiger partial charge in [-0.15, -0.1) is 0 Å². The maximum absolute atomic E-state index is 12.4. The van der Waals surface area contributed by atoms with Gasteiger partial charge in [0.05, 0.1) is 5.56 Å². The fraction of sp³-hybridized carbons (Fsp3) is 0.250. The SMILES string of the molecule is CN(C(=O)CCCCNC(=O)OCC1c2ccccc2-c2ccccc21)c1cccc(C(=O)O)c1. The summed E-state index contributed by atoms with van der Waals surface area (Å²) in [5.41, 5.74) is 5.36. The third kappa shape index (κ3) is 5.51. The Hall–Kier alpha value is -4.13. The molecule has 0 unspecified atom stereocenters. The van der Waals surface area contributed by atoms with Gasteiger partial charge in [0.1, 0.15) is 6.61 Å². The summed E-state index contributed by atoms with van der Waals surface area (Å²) < 4.78 is 5.52. The second-order valence-corrected chi connectivity index (χ2v) is 8.52. The van der Waals surface area contributed by atoms with Crippen molar-refractivity contribution in [3.05, 3.63) is 89.5 Å². The number of hydrogen-bond donors (Lipinski definition) is 2. The Balaban J connectivity index is 1.19. The van der Waals surface area contributed by atoms with Gasteiger partial charge in [-0.1, -0.05) is 54.6 Å². The fourth-order valence-corrected chi connectivity index (χ4v) is 4.40. The molecule has 4 rings (SSSR count). The topological polar surface area (TPSA) is 95.9 Å². The normalized spacial score (nSPS) is 11.9. The average molecular weight is 473 g/mol. The summed E-state index contributed by atoms with van der Waals surface area (Å²) in [6.07, 6.45) is 1.03. The standard InChI is InChI=1S/C28H28N2O5/c1-30(20-10-8-9-19(17-20)27(32)33)26(31)15-6-7-16-29-28(34)35-18-25-23-13-4-2-11-21(23)22-12-3-5-14-24(22)25/h2-5,8-14,17,25H,6-7,15-16,18H2,1H3,(H,29,34)(H,32,33).